The predicted octanol–water partition coefficient (Wildman–Crippen LogP) is 4.08. The van der Waals surface area contributed by atoms with E-state index in [2.05, 4.69) is 24.0 Å². The number of hydrogen-bond acceptors (Lipinski definition) is 2. The molecule has 1 heterocycles. The van der Waals surface area contributed by atoms with Crippen molar-refractivity contribution < 1.29 is 0 Å². The zero-order chi connectivity index (χ0) is 11.9. The lowest BCUT2D eigenvalue weighted by molar-refractivity contribution is 0.250. The molecule has 1 saturated heterocycles. The molecule has 2 fully saturated rings. The molecular formula is C15H29NS. The van der Waals surface area contributed by atoms with Crippen molar-refractivity contribution in [2.24, 2.45) is 11.8 Å². The van der Waals surface area contributed by atoms with Crippen LogP contribution in [0.3, 0.4) is 0 Å². The van der Waals surface area contributed by atoms with Crippen molar-refractivity contribution in [3.05, 3.63) is 0 Å². The topological polar surface area (TPSA) is 12.0 Å². The lowest BCUT2D eigenvalue weighted by Gasteiger charge is -2.32. The molecule has 0 aromatic rings. The molecule has 2 atom stereocenters. The maximum Gasteiger partial charge on any atom is 0.0132 e. The van der Waals surface area contributed by atoms with E-state index >= 15 is 0 Å². The van der Waals surface area contributed by atoms with Crippen LogP contribution in [-0.4, -0.2) is 24.1 Å². The van der Waals surface area contributed by atoms with Crippen LogP contribution in [0.2, 0.25) is 0 Å². The highest BCUT2D eigenvalue weighted by Gasteiger charge is 2.31. The van der Waals surface area contributed by atoms with E-state index < -0.39 is 0 Å². The molecule has 1 aliphatic heterocycles. The first-order valence-corrected chi connectivity index (χ1v) is 8.88. The second kappa shape index (κ2) is 7.68. The molecule has 1 aliphatic carbocycles. The third-order valence-corrected chi connectivity index (χ3v) is 5.70. The van der Waals surface area contributed by atoms with Gasteiger partial charge in [-0.25, -0.2) is 0 Å². The van der Waals surface area contributed by atoms with Crippen molar-refractivity contribution in [2.75, 3.05) is 18.1 Å². The zero-order valence-electron chi connectivity index (χ0n) is 11.4. The van der Waals surface area contributed by atoms with Crippen LogP contribution in [-0.2, 0) is 0 Å². The highest BCUT2D eigenvalue weighted by molar-refractivity contribution is 7.99. The van der Waals surface area contributed by atoms with Gasteiger partial charge in [-0.2, -0.15) is 11.8 Å². The zero-order valence-corrected chi connectivity index (χ0v) is 12.2. The summed E-state index contributed by atoms with van der Waals surface area (Å²) >= 11 is 2.17. The summed E-state index contributed by atoms with van der Waals surface area (Å²) in [6, 6.07) is 0.836. The third-order valence-electron chi connectivity index (χ3n) is 4.51. The SMILES string of the molecule is CCCNC(C1CCCCCC1)C1CCSC1. The fourth-order valence-electron chi connectivity index (χ4n) is 3.54. The van der Waals surface area contributed by atoms with Crippen molar-refractivity contribution in [1.82, 2.24) is 5.32 Å². The summed E-state index contributed by atoms with van der Waals surface area (Å²) in [5.74, 6) is 4.77. The van der Waals surface area contributed by atoms with E-state index in [-0.39, 0.29) is 0 Å². The van der Waals surface area contributed by atoms with Gasteiger partial charge in [0.2, 0.25) is 0 Å². The Kier molecular flexibility index (Phi) is 6.21. The number of thioether (sulfide) groups is 1. The molecule has 0 spiro atoms. The van der Waals surface area contributed by atoms with Crippen LogP contribution < -0.4 is 5.32 Å². The Hall–Kier alpha value is 0.310. The lowest BCUT2D eigenvalue weighted by Crippen LogP contribution is -2.42. The molecule has 100 valence electrons. The highest BCUT2D eigenvalue weighted by Crippen LogP contribution is 2.34. The van der Waals surface area contributed by atoms with Crippen molar-refractivity contribution in [2.45, 2.75) is 64.3 Å². The Morgan fingerprint density at radius 2 is 1.82 bits per heavy atom. The fourth-order valence-corrected chi connectivity index (χ4v) is 4.85. The minimum Gasteiger partial charge on any atom is -0.313 e. The molecule has 0 amide bonds. The first kappa shape index (κ1) is 13.7. The van der Waals surface area contributed by atoms with Gasteiger partial charge >= 0.3 is 0 Å². The molecule has 2 unspecified atom stereocenters. The van der Waals surface area contributed by atoms with E-state index in [1.54, 1.807) is 0 Å². The highest BCUT2D eigenvalue weighted by atomic mass is 32.2. The molecule has 0 aromatic carbocycles. The van der Waals surface area contributed by atoms with Crippen molar-refractivity contribution in [1.29, 1.82) is 0 Å². The molecule has 0 aromatic heterocycles. The molecule has 17 heavy (non-hydrogen) atoms. The van der Waals surface area contributed by atoms with E-state index in [9.17, 15) is 0 Å². The van der Waals surface area contributed by atoms with Gasteiger partial charge in [-0.05, 0) is 55.6 Å². The quantitative estimate of drug-likeness (QED) is 0.743. The van der Waals surface area contributed by atoms with Gasteiger partial charge in [0.25, 0.3) is 0 Å². The standard InChI is InChI=1S/C15H29NS/c1-2-10-16-15(14-9-11-17-12-14)13-7-5-3-4-6-8-13/h13-16H,2-12H2,1H3. The Balaban J connectivity index is 1.91. The second-order valence-electron chi connectivity index (χ2n) is 5.86. The normalized spacial score (nSPS) is 29.1. The van der Waals surface area contributed by atoms with Gasteiger partial charge in [-0.1, -0.05) is 32.6 Å². The largest absolute Gasteiger partial charge is 0.313 e. The van der Waals surface area contributed by atoms with E-state index in [1.807, 2.05) is 0 Å². The molecule has 2 aliphatic rings. The molecule has 0 radical (unpaired) electrons. The Labute approximate surface area is 112 Å². The lowest BCUT2D eigenvalue weighted by atomic mass is 9.83. The third kappa shape index (κ3) is 4.17. The van der Waals surface area contributed by atoms with Gasteiger partial charge in [-0.3, -0.25) is 0 Å². The van der Waals surface area contributed by atoms with Gasteiger partial charge in [0.05, 0.1) is 0 Å². The van der Waals surface area contributed by atoms with Gasteiger partial charge in [0.15, 0.2) is 0 Å². The van der Waals surface area contributed by atoms with Crippen LogP contribution in [0.15, 0.2) is 0 Å². The maximum atomic E-state index is 3.90. The first-order chi connectivity index (χ1) is 8.42. The average Bonchev–Trinajstić information content (AvgIpc) is 2.73. The fraction of sp³-hybridized carbons (Fsp3) is 1.00. The van der Waals surface area contributed by atoms with E-state index in [1.165, 1.54) is 69.4 Å². The summed E-state index contributed by atoms with van der Waals surface area (Å²) in [6.07, 6.45) is 11.6. The van der Waals surface area contributed by atoms with Crippen LogP contribution in [0.1, 0.15) is 58.3 Å². The smallest absolute Gasteiger partial charge is 0.0132 e. The van der Waals surface area contributed by atoms with E-state index in [4.69, 9.17) is 0 Å². The van der Waals surface area contributed by atoms with Crippen molar-refractivity contribution in [3.8, 4) is 0 Å². The molecule has 1 N–H and O–H groups in total. The molecule has 2 rings (SSSR count). The minimum absolute atomic E-state index is 0.836. The number of hydrogen-bond donors (Lipinski definition) is 1. The van der Waals surface area contributed by atoms with Crippen LogP contribution in [0.4, 0.5) is 0 Å². The van der Waals surface area contributed by atoms with Crippen LogP contribution >= 0.6 is 11.8 Å². The Bertz CT molecular complexity index is 193. The number of nitrogens with one attached hydrogen (secondary N) is 1. The van der Waals surface area contributed by atoms with Crippen molar-refractivity contribution >= 4 is 11.8 Å². The second-order valence-corrected chi connectivity index (χ2v) is 7.01. The summed E-state index contributed by atoms with van der Waals surface area (Å²) in [7, 11) is 0. The molecule has 2 heteroatoms. The predicted molar refractivity (Wildman–Crippen MR) is 78.7 cm³/mol. The molecule has 0 bridgehead atoms. The molecular weight excluding hydrogens is 226 g/mol. The van der Waals surface area contributed by atoms with Crippen LogP contribution in [0.5, 0.6) is 0 Å². The summed E-state index contributed by atoms with van der Waals surface area (Å²) in [5, 5.41) is 3.90. The minimum atomic E-state index is 0.836. The van der Waals surface area contributed by atoms with Gasteiger partial charge < -0.3 is 5.32 Å². The summed E-state index contributed by atoms with van der Waals surface area (Å²) in [5.41, 5.74) is 0. The summed E-state index contributed by atoms with van der Waals surface area (Å²) in [6.45, 7) is 3.52. The molecule has 1 saturated carbocycles. The Morgan fingerprint density at radius 1 is 1.06 bits per heavy atom. The summed E-state index contributed by atoms with van der Waals surface area (Å²) in [4.78, 5) is 0. The average molecular weight is 255 g/mol. The molecule has 1 nitrogen and oxygen atoms in total. The van der Waals surface area contributed by atoms with Crippen molar-refractivity contribution in [3.63, 3.8) is 0 Å². The van der Waals surface area contributed by atoms with Crippen LogP contribution in [0.25, 0.3) is 0 Å². The monoisotopic (exact) mass is 255 g/mol. The van der Waals surface area contributed by atoms with Gasteiger partial charge in [0, 0.05) is 6.04 Å². The number of rotatable bonds is 5. The first-order valence-electron chi connectivity index (χ1n) is 7.73. The van der Waals surface area contributed by atoms with Crippen LogP contribution in [0, 0.1) is 11.8 Å². The van der Waals surface area contributed by atoms with E-state index in [0.717, 1.165) is 17.9 Å². The summed E-state index contributed by atoms with van der Waals surface area (Å²) < 4.78 is 0. The van der Waals surface area contributed by atoms with Gasteiger partial charge in [0.1, 0.15) is 0 Å². The maximum absolute atomic E-state index is 3.90. The Morgan fingerprint density at radius 3 is 2.41 bits per heavy atom. The van der Waals surface area contributed by atoms with Gasteiger partial charge in [-0.15, -0.1) is 0 Å². The van der Waals surface area contributed by atoms with E-state index in [0.29, 0.717) is 0 Å².